The Balaban J connectivity index is 3.40. The molecule has 5 nitrogen and oxygen atoms in total. The Labute approximate surface area is 123 Å². The van der Waals surface area contributed by atoms with Gasteiger partial charge in [0.2, 0.25) is 4.24 Å². The zero-order chi connectivity index (χ0) is 15.4. The minimum atomic E-state index is -4.03. The largest absolute Gasteiger partial charge is 0.500 e. The highest BCUT2D eigenvalue weighted by Crippen LogP contribution is 2.31. The van der Waals surface area contributed by atoms with Crippen LogP contribution < -0.4 is 0 Å². The van der Waals surface area contributed by atoms with Crippen LogP contribution in [0.3, 0.4) is 0 Å². The maximum absolute atomic E-state index is 11.9. The van der Waals surface area contributed by atoms with Gasteiger partial charge in [-0.05, 0) is 12.1 Å². The lowest BCUT2D eigenvalue weighted by Crippen LogP contribution is -2.19. The minimum absolute atomic E-state index is 0.388. The van der Waals surface area contributed by atoms with Gasteiger partial charge >= 0.3 is 0 Å². The van der Waals surface area contributed by atoms with Gasteiger partial charge < -0.3 is 5.11 Å². The van der Waals surface area contributed by atoms with Crippen molar-refractivity contribution in [2.45, 2.75) is 18.7 Å². The summed E-state index contributed by atoms with van der Waals surface area (Å²) < 4.78 is 46.8. The predicted octanol–water partition coefficient (Wildman–Crippen LogP) is 2.33. The van der Waals surface area contributed by atoms with Crippen molar-refractivity contribution in [1.82, 2.24) is 0 Å². The van der Waals surface area contributed by atoms with Gasteiger partial charge in [-0.1, -0.05) is 43.8 Å². The second-order valence-electron chi connectivity index (χ2n) is 3.81. The highest BCUT2D eigenvalue weighted by molar-refractivity contribution is 8.16. The van der Waals surface area contributed by atoms with Crippen LogP contribution in [0.15, 0.2) is 44.6 Å². The van der Waals surface area contributed by atoms with Crippen LogP contribution in [0, 0.1) is 0 Å². The van der Waals surface area contributed by atoms with Gasteiger partial charge in [0.1, 0.15) is 0 Å². The molecule has 8 heteroatoms. The maximum Gasteiger partial charge on any atom is 0.207 e. The van der Waals surface area contributed by atoms with Crippen molar-refractivity contribution < 1.29 is 21.9 Å². The molecule has 0 heterocycles. The van der Waals surface area contributed by atoms with E-state index in [4.69, 9.17) is 0 Å². The Morgan fingerprint density at radius 1 is 1.00 bits per heavy atom. The third-order valence-electron chi connectivity index (χ3n) is 2.46. The summed E-state index contributed by atoms with van der Waals surface area (Å²) in [7, 11) is -8.06. The minimum Gasteiger partial charge on any atom is -0.500 e. The summed E-state index contributed by atoms with van der Waals surface area (Å²) in [5, 5.41) is 9.27. The van der Waals surface area contributed by atoms with E-state index in [2.05, 4.69) is 0 Å². The molecule has 20 heavy (non-hydrogen) atoms. The van der Waals surface area contributed by atoms with Crippen molar-refractivity contribution in [3.8, 4) is 0 Å². The number of aliphatic hydroxyl groups excluding tert-OH is 1. The van der Waals surface area contributed by atoms with Crippen LogP contribution in [0.4, 0.5) is 0 Å². The quantitative estimate of drug-likeness (QED) is 0.633. The number of hydrogen-bond acceptors (Lipinski definition) is 6. The van der Waals surface area contributed by atoms with E-state index in [1.54, 1.807) is 30.3 Å². The van der Waals surface area contributed by atoms with Crippen molar-refractivity contribution in [3.05, 3.63) is 39.7 Å². The summed E-state index contributed by atoms with van der Waals surface area (Å²) >= 11 is 0.713. The highest BCUT2D eigenvalue weighted by Gasteiger charge is 2.32. The van der Waals surface area contributed by atoms with Crippen LogP contribution in [0.1, 0.15) is 13.8 Å². The Morgan fingerprint density at radius 3 is 1.85 bits per heavy atom. The van der Waals surface area contributed by atoms with Gasteiger partial charge in [-0.15, -0.1) is 0 Å². The van der Waals surface area contributed by atoms with Crippen molar-refractivity contribution >= 4 is 31.4 Å². The molecule has 0 unspecified atom stereocenters. The highest BCUT2D eigenvalue weighted by atomic mass is 32.3. The zero-order valence-corrected chi connectivity index (χ0v) is 13.6. The van der Waals surface area contributed by atoms with E-state index in [1.165, 1.54) is 13.8 Å². The monoisotopic (exact) mass is 336 g/mol. The van der Waals surface area contributed by atoms with Gasteiger partial charge in [0, 0.05) is 4.90 Å². The molecule has 1 aromatic carbocycles. The standard InChI is InChI=1S/C12H16O5S3/c1-3-19(14,15)12(20(16,17)4-2)11(13)18-10-8-6-5-7-9-10/h5-9,13H,3-4H2,1-2H3. The number of rotatable bonds is 6. The molecule has 0 aliphatic heterocycles. The van der Waals surface area contributed by atoms with E-state index in [9.17, 15) is 21.9 Å². The number of hydrogen-bond donors (Lipinski definition) is 1. The lowest BCUT2D eigenvalue weighted by atomic mass is 10.4. The lowest BCUT2D eigenvalue weighted by Gasteiger charge is -2.10. The van der Waals surface area contributed by atoms with Gasteiger partial charge in [0.25, 0.3) is 0 Å². The molecule has 0 spiro atoms. The molecule has 0 atom stereocenters. The fourth-order valence-corrected chi connectivity index (χ4v) is 6.29. The molecule has 0 aliphatic carbocycles. The number of thioether (sulfide) groups is 1. The summed E-state index contributed by atoms with van der Waals surface area (Å²) in [4.78, 5) is 0.556. The summed E-state index contributed by atoms with van der Waals surface area (Å²) in [6, 6.07) is 8.47. The Bertz CT molecular complexity index is 652. The Kier molecular flexibility index (Phi) is 5.67. The second kappa shape index (κ2) is 6.64. The van der Waals surface area contributed by atoms with Gasteiger partial charge in [0.15, 0.2) is 24.8 Å². The molecular formula is C12H16O5S3. The lowest BCUT2D eigenvalue weighted by molar-refractivity contribution is 0.454. The van der Waals surface area contributed by atoms with Crippen molar-refractivity contribution in [2.75, 3.05) is 11.5 Å². The van der Waals surface area contributed by atoms with Crippen LogP contribution in [-0.4, -0.2) is 33.4 Å². The first-order chi connectivity index (χ1) is 9.24. The third kappa shape index (κ3) is 4.00. The van der Waals surface area contributed by atoms with Gasteiger partial charge in [-0.2, -0.15) is 0 Å². The molecule has 1 aromatic rings. The van der Waals surface area contributed by atoms with Gasteiger partial charge in [0.05, 0.1) is 11.5 Å². The molecule has 0 saturated heterocycles. The van der Waals surface area contributed by atoms with Crippen LogP contribution in [0.25, 0.3) is 0 Å². The molecule has 112 valence electrons. The molecular weight excluding hydrogens is 320 g/mol. The maximum atomic E-state index is 11.9. The van der Waals surface area contributed by atoms with Crippen LogP contribution in [-0.2, 0) is 19.7 Å². The van der Waals surface area contributed by atoms with Crippen LogP contribution in [0.2, 0.25) is 0 Å². The van der Waals surface area contributed by atoms with E-state index in [1.807, 2.05) is 0 Å². The predicted molar refractivity (Wildman–Crippen MR) is 80.9 cm³/mol. The molecule has 0 saturated carbocycles. The van der Waals surface area contributed by atoms with E-state index in [-0.39, 0.29) is 11.5 Å². The zero-order valence-electron chi connectivity index (χ0n) is 11.1. The van der Waals surface area contributed by atoms with Crippen molar-refractivity contribution in [2.24, 2.45) is 0 Å². The molecule has 1 N–H and O–H groups in total. The van der Waals surface area contributed by atoms with Crippen LogP contribution >= 0.6 is 11.8 Å². The summed E-state index contributed by atoms with van der Waals surface area (Å²) in [6.45, 7) is 2.67. The van der Waals surface area contributed by atoms with E-state index < -0.39 is 29.0 Å². The molecule has 0 aromatic heterocycles. The van der Waals surface area contributed by atoms with Crippen molar-refractivity contribution in [3.63, 3.8) is 0 Å². The topological polar surface area (TPSA) is 88.5 Å². The first-order valence-corrected chi connectivity index (χ1v) is 9.98. The first kappa shape index (κ1) is 17.1. The molecule has 0 fully saturated rings. The average molecular weight is 336 g/mol. The Hall–Kier alpha value is -0.990. The average Bonchev–Trinajstić information content (AvgIpc) is 2.39. The fraction of sp³-hybridized carbons (Fsp3) is 0.333. The van der Waals surface area contributed by atoms with Gasteiger partial charge in [-0.25, -0.2) is 16.8 Å². The van der Waals surface area contributed by atoms with E-state index >= 15 is 0 Å². The second-order valence-corrected chi connectivity index (χ2v) is 9.57. The smallest absolute Gasteiger partial charge is 0.207 e. The molecule has 0 radical (unpaired) electrons. The summed E-state index contributed by atoms with van der Waals surface area (Å²) in [5.41, 5.74) is 0. The number of sulfone groups is 2. The SMILES string of the molecule is CCS(=O)(=O)C(=C(O)Sc1ccccc1)S(=O)(=O)CC. The normalized spacial score (nSPS) is 12.1. The van der Waals surface area contributed by atoms with E-state index in [0.717, 1.165) is 0 Å². The van der Waals surface area contributed by atoms with Crippen molar-refractivity contribution in [1.29, 1.82) is 0 Å². The van der Waals surface area contributed by atoms with Crippen LogP contribution in [0.5, 0.6) is 0 Å². The molecule has 0 aliphatic rings. The van der Waals surface area contributed by atoms with E-state index in [0.29, 0.717) is 16.7 Å². The molecule has 0 bridgehead atoms. The summed E-state index contributed by atoms with van der Waals surface area (Å²) in [6.07, 6.45) is 0. The first-order valence-electron chi connectivity index (χ1n) is 5.86. The number of benzene rings is 1. The Morgan fingerprint density at radius 2 is 1.45 bits per heavy atom. The van der Waals surface area contributed by atoms with Gasteiger partial charge in [-0.3, -0.25) is 0 Å². The molecule has 1 rings (SSSR count). The summed E-state index contributed by atoms with van der Waals surface area (Å²) in [5.74, 6) is -0.776. The fourth-order valence-electron chi connectivity index (χ4n) is 1.36. The molecule has 0 amide bonds. The third-order valence-corrected chi connectivity index (χ3v) is 8.18. The number of aliphatic hydroxyl groups is 1.